The van der Waals surface area contributed by atoms with Crippen molar-refractivity contribution in [1.82, 2.24) is 15.2 Å². The molecule has 2 aromatic rings. The molecular formula is C20H27N5O. The highest BCUT2D eigenvalue weighted by molar-refractivity contribution is 5.80. The van der Waals surface area contributed by atoms with Crippen LogP contribution in [0.25, 0.3) is 0 Å². The Morgan fingerprint density at radius 3 is 2.62 bits per heavy atom. The van der Waals surface area contributed by atoms with Crippen molar-refractivity contribution in [1.29, 1.82) is 0 Å². The predicted octanol–water partition coefficient (Wildman–Crippen LogP) is 2.30. The molecule has 1 aromatic heterocycles. The summed E-state index contributed by atoms with van der Waals surface area (Å²) in [6, 6.07) is 12.2. The molecular weight excluding hydrogens is 326 g/mol. The van der Waals surface area contributed by atoms with Gasteiger partial charge in [-0.2, -0.15) is 0 Å². The number of aliphatic imine (C=N–C) groups is 1. The molecule has 26 heavy (non-hydrogen) atoms. The summed E-state index contributed by atoms with van der Waals surface area (Å²) < 4.78 is 5.49. The molecule has 1 saturated heterocycles. The number of rotatable bonds is 4. The zero-order valence-electron chi connectivity index (χ0n) is 15.8. The van der Waals surface area contributed by atoms with E-state index in [2.05, 4.69) is 50.2 Å². The van der Waals surface area contributed by atoms with Crippen LogP contribution < -0.4 is 15.0 Å². The second-order valence-electron chi connectivity index (χ2n) is 6.31. The molecule has 0 spiro atoms. The number of benzene rings is 1. The predicted molar refractivity (Wildman–Crippen MR) is 106 cm³/mol. The average Bonchev–Trinajstić information content (AvgIpc) is 2.70. The highest BCUT2D eigenvalue weighted by atomic mass is 16.5. The van der Waals surface area contributed by atoms with Crippen molar-refractivity contribution in [3.8, 4) is 5.75 Å². The molecule has 1 fully saturated rings. The lowest BCUT2D eigenvalue weighted by Gasteiger charge is -2.38. The summed E-state index contributed by atoms with van der Waals surface area (Å²) in [5.41, 5.74) is 3.40. The molecule has 138 valence electrons. The molecule has 1 aromatic carbocycles. The number of nitrogens with one attached hydrogen (secondary N) is 1. The van der Waals surface area contributed by atoms with E-state index in [4.69, 9.17) is 4.74 Å². The fourth-order valence-corrected chi connectivity index (χ4v) is 3.25. The van der Waals surface area contributed by atoms with Gasteiger partial charge in [-0.3, -0.25) is 9.98 Å². The number of para-hydroxylation sites is 2. The van der Waals surface area contributed by atoms with Gasteiger partial charge in [-0.15, -0.1) is 0 Å². The second kappa shape index (κ2) is 8.56. The zero-order valence-corrected chi connectivity index (χ0v) is 15.8. The normalized spacial score (nSPS) is 15.1. The van der Waals surface area contributed by atoms with E-state index in [1.165, 1.54) is 5.56 Å². The van der Waals surface area contributed by atoms with Crippen molar-refractivity contribution in [2.45, 2.75) is 13.5 Å². The maximum absolute atomic E-state index is 5.49. The molecule has 2 heterocycles. The van der Waals surface area contributed by atoms with E-state index in [-0.39, 0.29) is 0 Å². The molecule has 1 N–H and O–H groups in total. The number of piperazine rings is 1. The number of hydrogen-bond donors (Lipinski definition) is 1. The standard InChI is InChI=1S/C20H27N5O/c1-16-7-6-10-22-17(16)15-23-20(21-2)25-13-11-24(12-14-25)18-8-4-5-9-19(18)26-3/h4-10H,11-15H2,1-3H3,(H,21,23). The van der Waals surface area contributed by atoms with E-state index >= 15 is 0 Å². The lowest BCUT2D eigenvalue weighted by atomic mass is 10.2. The first-order chi connectivity index (χ1) is 12.7. The summed E-state index contributed by atoms with van der Waals surface area (Å²) in [7, 11) is 3.56. The van der Waals surface area contributed by atoms with Crippen molar-refractivity contribution in [3.63, 3.8) is 0 Å². The molecule has 1 aliphatic rings. The Bertz CT molecular complexity index is 753. The fraction of sp³-hybridized carbons (Fsp3) is 0.400. The number of guanidine groups is 1. The van der Waals surface area contributed by atoms with E-state index in [1.54, 1.807) is 7.11 Å². The molecule has 0 aliphatic carbocycles. The first-order valence-corrected chi connectivity index (χ1v) is 8.97. The first kappa shape index (κ1) is 18.0. The van der Waals surface area contributed by atoms with Crippen molar-refractivity contribution < 1.29 is 4.74 Å². The summed E-state index contributed by atoms with van der Waals surface area (Å²) in [5, 5.41) is 3.44. The topological polar surface area (TPSA) is 53.0 Å². The van der Waals surface area contributed by atoms with Gasteiger partial charge in [0.2, 0.25) is 0 Å². The van der Waals surface area contributed by atoms with E-state index < -0.39 is 0 Å². The number of aromatic nitrogens is 1. The second-order valence-corrected chi connectivity index (χ2v) is 6.31. The van der Waals surface area contributed by atoms with E-state index in [1.807, 2.05) is 31.4 Å². The lowest BCUT2D eigenvalue weighted by Crippen LogP contribution is -2.52. The van der Waals surface area contributed by atoms with Gasteiger partial charge in [0.15, 0.2) is 5.96 Å². The van der Waals surface area contributed by atoms with Crippen LogP contribution in [0.2, 0.25) is 0 Å². The van der Waals surface area contributed by atoms with Crippen LogP contribution in [-0.2, 0) is 6.54 Å². The summed E-state index contributed by atoms with van der Waals surface area (Å²) in [5.74, 6) is 1.85. The van der Waals surface area contributed by atoms with Crippen LogP contribution in [0.3, 0.4) is 0 Å². The van der Waals surface area contributed by atoms with Gasteiger partial charge >= 0.3 is 0 Å². The minimum atomic E-state index is 0.687. The summed E-state index contributed by atoms with van der Waals surface area (Å²) in [6.07, 6.45) is 1.83. The maximum Gasteiger partial charge on any atom is 0.194 e. The average molecular weight is 353 g/mol. The Hall–Kier alpha value is -2.76. The molecule has 0 atom stereocenters. The van der Waals surface area contributed by atoms with Crippen molar-refractivity contribution in [2.75, 3.05) is 45.2 Å². The van der Waals surface area contributed by atoms with E-state index in [0.717, 1.165) is 49.3 Å². The van der Waals surface area contributed by atoms with Gasteiger partial charge in [-0.1, -0.05) is 18.2 Å². The van der Waals surface area contributed by atoms with E-state index in [9.17, 15) is 0 Å². The van der Waals surface area contributed by atoms with Gasteiger partial charge in [0.25, 0.3) is 0 Å². The highest BCUT2D eigenvalue weighted by Gasteiger charge is 2.21. The van der Waals surface area contributed by atoms with Gasteiger partial charge in [-0.25, -0.2) is 0 Å². The monoisotopic (exact) mass is 353 g/mol. The van der Waals surface area contributed by atoms with Crippen LogP contribution in [0.15, 0.2) is 47.6 Å². The van der Waals surface area contributed by atoms with Crippen LogP contribution in [0, 0.1) is 6.92 Å². The van der Waals surface area contributed by atoms with Gasteiger partial charge in [-0.05, 0) is 30.7 Å². The third kappa shape index (κ3) is 4.07. The van der Waals surface area contributed by atoms with Gasteiger partial charge in [0, 0.05) is 39.4 Å². The molecule has 0 amide bonds. The van der Waals surface area contributed by atoms with Crippen LogP contribution >= 0.6 is 0 Å². The van der Waals surface area contributed by atoms with Crippen molar-refractivity contribution in [2.24, 2.45) is 4.99 Å². The number of aryl methyl sites for hydroxylation is 1. The Labute approximate surface area is 155 Å². The van der Waals surface area contributed by atoms with Crippen LogP contribution in [0.4, 0.5) is 5.69 Å². The Morgan fingerprint density at radius 2 is 1.92 bits per heavy atom. The largest absolute Gasteiger partial charge is 0.495 e. The number of ether oxygens (including phenoxy) is 1. The third-order valence-corrected chi connectivity index (χ3v) is 4.75. The van der Waals surface area contributed by atoms with E-state index in [0.29, 0.717) is 6.54 Å². The number of nitrogens with zero attached hydrogens (tertiary/aromatic N) is 4. The molecule has 0 saturated carbocycles. The van der Waals surface area contributed by atoms with Crippen molar-refractivity contribution in [3.05, 3.63) is 53.9 Å². The molecule has 6 heteroatoms. The number of anilines is 1. The van der Waals surface area contributed by atoms with Gasteiger partial charge in [0.05, 0.1) is 25.0 Å². The minimum Gasteiger partial charge on any atom is -0.495 e. The fourth-order valence-electron chi connectivity index (χ4n) is 3.25. The third-order valence-electron chi connectivity index (χ3n) is 4.75. The van der Waals surface area contributed by atoms with Gasteiger partial charge < -0.3 is 19.9 Å². The Balaban J connectivity index is 1.58. The first-order valence-electron chi connectivity index (χ1n) is 8.97. The molecule has 6 nitrogen and oxygen atoms in total. The molecule has 0 bridgehead atoms. The molecule has 3 rings (SSSR count). The quantitative estimate of drug-likeness (QED) is 0.675. The van der Waals surface area contributed by atoms with Gasteiger partial charge in [0.1, 0.15) is 5.75 Å². The highest BCUT2D eigenvalue weighted by Crippen LogP contribution is 2.28. The molecule has 1 aliphatic heterocycles. The zero-order chi connectivity index (χ0) is 18.4. The Kier molecular flexibility index (Phi) is 5.94. The smallest absolute Gasteiger partial charge is 0.194 e. The number of methoxy groups -OCH3 is 1. The molecule has 0 unspecified atom stereocenters. The SMILES string of the molecule is CN=C(NCc1ncccc1C)N1CCN(c2ccccc2OC)CC1. The van der Waals surface area contributed by atoms with Crippen LogP contribution in [0.5, 0.6) is 5.75 Å². The Morgan fingerprint density at radius 1 is 1.15 bits per heavy atom. The van der Waals surface area contributed by atoms with Crippen LogP contribution in [0.1, 0.15) is 11.3 Å². The maximum atomic E-state index is 5.49. The lowest BCUT2D eigenvalue weighted by molar-refractivity contribution is 0.367. The molecule has 0 radical (unpaired) electrons. The number of pyridine rings is 1. The number of hydrogen-bond acceptors (Lipinski definition) is 4. The summed E-state index contributed by atoms with van der Waals surface area (Å²) in [6.45, 7) is 6.47. The minimum absolute atomic E-state index is 0.687. The summed E-state index contributed by atoms with van der Waals surface area (Å²) >= 11 is 0. The van der Waals surface area contributed by atoms with Crippen molar-refractivity contribution >= 4 is 11.6 Å². The van der Waals surface area contributed by atoms with Crippen LogP contribution in [-0.4, -0.2) is 56.2 Å². The summed E-state index contributed by atoms with van der Waals surface area (Å²) in [4.78, 5) is 13.6.